The van der Waals surface area contributed by atoms with E-state index in [-0.39, 0.29) is 0 Å². The van der Waals surface area contributed by atoms with Crippen molar-refractivity contribution in [3.8, 4) is 5.75 Å². The lowest BCUT2D eigenvalue weighted by Gasteiger charge is -2.02. The molecule has 1 aliphatic rings. The fraction of sp³-hybridized carbons (Fsp3) is 0.571. The van der Waals surface area contributed by atoms with Gasteiger partial charge >= 0.3 is 0 Å². The summed E-state index contributed by atoms with van der Waals surface area (Å²) in [6, 6.07) is 8.58. The molecule has 82 valence electrons. The molecule has 0 heterocycles. The molecule has 0 aliphatic heterocycles. The molecule has 0 aromatic heterocycles. The predicted octanol–water partition coefficient (Wildman–Crippen LogP) is 3.99. The summed E-state index contributed by atoms with van der Waals surface area (Å²) in [7, 11) is 1.72. The second kappa shape index (κ2) is 4.69. The molecule has 0 radical (unpaired) electrons. The molecule has 1 aliphatic carbocycles. The average Bonchev–Trinajstić information content (AvgIpc) is 3.06. The molecule has 1 nitrogen and oxygen atoms in total. The van der Waals surface area contributed by atoms with E-state index in [1.807, 2.05) is 0 Å². The molecule has 15 heavy (non-hydrogen) atoms. The second-order valence-electron chi connectivity index (χ2n) is 4.52. The van der Waals surface area contributed by atoms with Gasteiger partial charge < -0.3 is 4.74 Å². The molecule has 1 aromatic carbocycles. The Balaban J connectivity index is 1.89. The minimum atomic E-state index is 0.836. The molecular weight excluding hydrogens is 184 g/mol. The molecule has 1 fully saturated rings. The smallest absolute Gasteiger partial charge is 0.118 e. The number of methoxy groups -OCH3 is 1. The van der Waals surface area contributed by atoms with Gasteiger partial charge in [0.25, 0.3) is 0 Å². The van der Waals surface area contributed by atoms with Crippen molar-refractivity contribution in [3.63, 3.8) is 0 Å². The molecule has 2 rings (SSSR count). The lowest BCUT2D eigenvalue weighted by molar-refractivity contribution is 0.414. The van der Waals surface area contributed by atoms with Gasteiger partial charge in [0.05, 0.1) is 7.11 Å². The summed E-state index contributed by atoms with van der Waals surface area (Å²) < 4.78 is 5.16. The highest BCUT2D eigenvalue weighted by Crippen LogP contribution is 2.50. The standard InChI is InChI=1S/C14H20O/c1-3-4-5-12-10-14(12)11-6-8-13(15-2)9-7-11/h6-9,12,14H,3-5,10H2,1-2H3. The predicted molar refractivity (Wildman–Crippen MR) is 63.4 cm³/mol. The molecule has 1 aromatic rings. The Kier molecular flexibility index (Phi) is 3.30. The zero-order valence-corrected chi connectivity index (χ0v) is 9.70. The van der Waals surface area contributed by atoms with Crippen LogP contribution >= 0.6 is 0 Å². The third kappa shape index (κ3) is 2.53. The maximum absolute atomic E-state index is 5.16. The Labute approximate surface area is 92.5 Å². The van der Waals surface area contributed by atoms with E-state index >= 15 is 0 Å². The van der Waals surface area contributed by atoms with Crippen LogP contribution in [0, 0.1) is 5.92 Å². The van der Waals surface area contributed by atoms with E-state index in [0.717, 1.165) is 17.6 Å². The van der Waals surface area contributed by atoms with Gasteiger partial charge in [0.1, 0.15) is 5.75 Å². The van der Waals surface area contributed by atoms with Crippen molar-refractivity contribution in [3.05, 3.63) is 29.8 Å². The summed E-state index contributed by atoms with van der Waals surface area (Å²) in [5, 5.41) is 0. The number of benzene rings is 1. The van der Waals surface area contributed by atoms with Crippen LogP contribution < -0.4 is 4.74 Å². The lowest BCUT2D eigenvalue weighted by atomic mass is 10.1. The van der Waals surface area contributed by atoms with E-state index < -0.39 is 0 Å². The SMILES string of the molecule is CCCCC1CC1c1ccc(OC)cc1. The number of ether oxygens (including phenoxy) is 1. The van der Waals surface area contributed by atoms with Crippen molar-refractivity contribution in [2.24, 2.45) is 5.92 Å². The number of hydrogen-bond donors (Lipinski definition) is 0. The van der Waals surface area contributed by atoms with Crippen LogP contribution in [-0.4, -0.2) is 7.11 Å². The van der Waals surface area contributed by atoms with Gasteiger partial charge in [0.2, 0.25) is 0 Å². The summed E-state index contributed by atoms with van der Waals surface area (Å²) in [5.41, 5.74) is 1.50. The quantitative estimate of drug-likeness (QED) is 0.704. The highest BCUT2D eigenvalue weighted by Gasteiger charge is 2.37. The number of hydrogen-bond acceptors (Lipinski definition) is 1. The van der Waals surface area contributed by atoms with Gasteiger partial charge in [-0.3, -0.25) is 0 Å². The molecule has 0 N–H and O–H groups in total. The van der Waals surface area contributed by atoms with Gasteiger partial charge in [-0.25, -0.2) is 0 Å². The average molecular weight is 204 g/mol. The molecule has 1 heteroatoms. The molecule has 0 bridgehead atoms. The van der Waals surface area contributed by atoms with E-state index in [1.165, 1.54) is 31.2 Å². The van der Waals surface area contributed by atoms with Crippen LogP contribution in [0.15, 0.2) is 24.3 Å². The zero-order chi connectivity index (χ0) is 10.7. The third-order valence-electron chi connectivity index (χ3n) is 3.40. The van der Waals surface area contributed by atoms with Crippen LogP contribution in [-0.2, 0) is 0 Å². The fourth-order valence-electron chi connectivity index (χ4n) is 2.29. The summed E-state index contributed by atoms with van der Waals surface area (Å²) in [5.74, 6) is 2.75. The molecule has 0 saturated heterocycles. The van der Waals surface area contributed by atoms with Gasteiger partial charge in [-0.05, 0) is 42.4 Å². The summed E-state index contributed by atoms with van der Waals surface area (Å²) >= 11 is 0. The van der Waals surface area contributed by atoms with E-state index in [2.05, 4.69) is 31.2 Å². The number of rotatable bonds is 5. The molecule has 2 atom stereocenters. The maximum Gasteiger partial charge on any atom is 0.118 e. The first-order chi connectivity index (χ1) is 7.35. The van der Waals surface area contributed by atoms with Gasteiger partial charge in [-0.1, -0.05) is 31.9 Å². The Morgan fingerprint density at radius 3 is 2.60 bits per heavy atom. The first kappa shape index (κ1) is 10.5. The van der Waals surface area contributed by atoms with Crippen LogP contribution in [0.4, 0.5) is 0 Å². The Bertz CT molecular complexity index is 302. The van der Waals surface area contributed by atoms with E-state index in [4.69, 9.17) is 4.74 Å². The van der Waals surface area contributed by atoms with Crippen LogP contribution in [0.25, 0.3) is 0 Å². The fourth-order valence-corrected chi connectivity index (χ4v) is 2.29. The second-order valence-corrected chi connectivity index (χ2v) is 4.52. The van der Waals surface area contributed by atoms with E-state index in [1.54, 1.807) is 7.11 Å². The van der Waals surface area contributed by atoms with Crippen LogP contribution in [0.1, 0.15) is 44.1 Å². The molecule has 0 amide bonds. The van der Waals surface area contributed by atoms with Crippen molar-refractivity contribution < 1.29 is 4.74 Å². The van der Waals surface area contributed by atoms with Gasteiger partial charge in [-0.2, -0.15) is 0 Å². The molecule has 0 spiro atoms. The lowest BCUT2D eigenvalue weighted by Crippen LogP contribution is -1.86. The van der Waals surface area contributed by atoms with Crippen LogP contribution in [0.3, 0.4) is 0 Å². The first-order valence-electron chi connectivity index (χ1n) is 5.99. The normalized spacial score (nSPS) is 23.9. The van der Waals surface area contributed by atoms with Crippen molar-refractivity contribution in [1.82, 2.24) is 0 Å². The van der Waals surface area contributed by atoms with E-state index in [9.17, 15) is 0 Å². The largest absolute Gasteiger partial charge is 0.497 e. The third-order valence-corrected chi connectivity index (χ3v) is 3.40. The minimum Gasteiger partial charge on any atom is -0.497 e. The summed E-state index contributed by atoms with van der Waals surface area (Å²) in [6.07, 6.45) is 5.52. The molecule has 2 unspecified atom stereocenters. The van der Waals surface area contributed by atoms with Crippen molar-refractivity contribution in [2.75, 3.05) is 7.11 Å². The van der Waals surface area contributed by atoms with Gasteiger partial charge in [0, 0.05) is 0 Å². The Hall–Kier alpha value is -0.980. The molecular formula is C14H20O. The highest BCUT2D eigenvalue weighted by atomic mass is 16.5. The van der Waals surface area contributed by atoms with Crippen LogP contribution in [0.5, 0.6) is 5.75 Å². The number of unbranched alkanes of at least 4 members (excludes halogenated alkanes) is 1. The van der Waals surface area contributed by atoms with E-state index in [0.29, 0.717) is 0 Å². The van der Waals surface area contributed by atoms with Crippen LogP contribution in [0.2, 0.25) is 0 Å². The Morgan fingerprint density at radius 1 is 1.27 bits per heavy atom. The minimum absolute atomic E-state index is 0.836. The summed E-state index contributed by atoms with van der Waals surface area (Å²) in [4.78, 5) is 0. The molecule has 1 saturated carbocycles. The monoisotopic (exact) mass is 204 g/mol. The highest BCUT2D eigenvalue weighted by molar-refractivity contribution is 5.32. The summed E-state index contributed by atoms with van der Waals surface area (Å²) in [6.45, 7) is 2.27. The van der Waals surface area contributed by atoms with Gasteiger partial charge in [0.15, 0.2) is 0 Å². The zero-order valence-electron chi connectivity index (χ0n) is 9.70. The van der Waals surface area contributed by atoms with Gasteiger partial charge in [-0.15, -0.1) is 0 Å². The van der Waals surface area contributed by atoms with Crippen molar-refractivity contribution >= 4 is 0 Å². The first-order valence-corrected chi connectivity index (χ1v) is 5.99. The van der Waals surface area contributed by atoms with Crippen molar-refractivity contribution in [2.45, 2.75) is 38.5 Å². The van der Waals surface area contributed by atoms with Crippen molar-refractivity contribution in [1.29, 1.82) is 0 Å². The Morgan fingerprint density at radius 2 is 2.00 bits per heavy atom. The maximum atomic E-state index is 5.16. The topological polar surface area (TPSA) is 9.23 Å².